The van der Waals surface area contributed by atoms with Crippen LogP contribution in [0.2, 0.25) is 0 Å². The summed E-state index contributed by atoms with van der Waals surface area (Å²) in [6, 6.07) is 0. The molecule has 0 saturated carbocycles. The monoisotopic (exact) mass is 507 g/mol. The fraction of sp³-hybridized carbons (Fsp3) is 0.900. The van der Waals surface area contributed by atoms with Gasteiger partial charge in [-0.1, -0.05) is 104 Å². The van der Waals surface area contributed by atoms with Crippen molar-refractivity contribution in [3.8, 4) is 0 Å². The van der Waals surface area contributed by atoms with Crippen molar-refractivity contribution in [3.05, 3.63) is 13.8 Å². The van der Waals surface area contributed by atoms with E-state index in [-0.39, 0.29) is 21.1 Å². The Morgan fingerprint density at radius 3 is 1.04 bits per heavy atom. The zero-order chi connectivity index (χ0) is 19.8. The zero-order valence-corrected chi connectivity index (χ0v) is 21.8. The van der Waals surface area contributed by atoms with Crippen LogP contribution in [0.15, 0.2) is 0 Å². The largest absolute Gasteiger partial charge is 3.00 e. The molecule has 0 heterocycles. The van der Waals surface area contributed by atoms with E-state index < -0.39 is 5.69 Å². The van der Waals surface area contributed by atoms with Gasteiger partial charge < -0.3 is 41.6 Å². The van der Waals surface area contributed by atoms with E-state index in [0.29, 0.717) is 0 Å². The van der Waals surface area contributed by atoms with Gasteiger partial charge in [0.15, 0.2) is 0 Å². The fourth-order valence-corrected chi connectivity index (χ4v) is 2.27. The standard InChI is InChI=1S/2C10H21.Mo.H3O2PS2/c2*1-3-5-7-9-10-8-6-4-2;;1-3(2,4)5/h2*1,3-10H2,2H3;;(H3,1,2,4,5)/q2*-1;+3;/p-3. The minimum atomic E-state index is -3.72. The average molecular weight is 506 g/mol. The molecule has 0 aliphatic heterocycles. The van der Waals surface area contributed by atoms with Gasteiger partial charge in [0, 0.05) is 0 Å². The summed E-state index contributed by atoms with van der Waals surface area (Å²) in [7, 11) is 0. The third-order valence-corrected chi connectivity index (χ3v) is 3.71. The number of hydrogen-bond donors (Lipinski definition) is 0. The molecule has 0 aromatic heterocycles. The molecular weight excluding hydrogens is 463 g/mol. The molecule has 0 amide bonds. The van der Waals surface area contributed by atoms with Crippen LogP contribution in [0.3, 0.4) is 0 Å². The van der Waals surface area contributed by atoms with Crippen LogP contribution in [0.1, 0.15) is 117 Å². The third kappa shape index (κ3) is 63.7. The molecule has 0 aliphatic rings. The topological polar surface area (TPSA) is 46.1 Å². The van der Waals surface area contributed by atoms with Gasteiger partial charge in [-0.25, -0.2) is 0 Å². The van der Waals surface area contributed by atoms with E-state index in [1.165, 1.54) is 89.9 Å². The molecule has 0 aliphatic carbocycles. The summed E-state index contributed by atoms with van der Waals surface area (Å²) in [5.41, 5.74) is -3.72. The Morgan fingerprint density at radius 1 is 0.654 bits per heavy atom. The maximum atomic E-state index is 9.29. The van der Waals surface area contributed by atoms with Gasteiger partial charge in [0.05, 0.1) is 0 Å². The molecule has 0 fully saturated rings. The molecule has 2 nitrogen and oxygen atoms in total. The van der Waals surface area contributed by atoms with Crippen molar-refractivity contribution in [1.82, 2.24) is 0 Å². The normalized spacial score (nSPS) is 10.1. The Kier molecular flexibility index (Phi) is 42.2. The maximum Gasteiger partial charge on any atom is 3.00 e. The second kappa shape index (κ2) is 31.3. The minimum Gasteiger partial charge on any atom is -0.850 e. The molecule has 0 bridgehead atoms. The molecular formula is C20H42MoO2PS2-2. The predicted molar refractivity (Wildman–Crippen MR) is 118 cm³/mol. The zero-order valence-electron chi connectivity index (χ0n) is 17.2. The van der Waals surface area contributed by atoms with Crippen molar-refractivity contribution in [2.45, 2.75) is 117 Å². The van der Waals surface area contributed by atoms with Gasteiger partial charge in [0.1, 0.15) is 0 Å². The molecule has 0 saturated heterocycles. The van der Waals surface area contributed by atoms with Gasteiger partial charge in [0.2, 0.25) is 0 Å². The van der Waals surface area contributed by atoms with Crippen LogP contribution >= 0.6 is 5.69 Å². The third-order valence-electron chi connectivity index (χ3n) is 3.71. The van der Waals surface area contributed by atoms with E-state index in [0.717, 1.165) is 12.8 Å². The second-order valence-corrected chi connectivity index (χ2v) is 10.9. The van der Waals surface area contributed by atoms with E-state index in [1.807, 2.05) is 0 Å². The first kappa shape index (κ1) is 35.1. The summed E-state index contributed by atoms with van der Waals surface area (Å²) >= 11 is 7.28. The number of rotatable bonds is 14. The SMILES string of the molecule is [CH2-]CCCCCCCCC.[CH2-]CCCCCCCCC.[Mo+3].[O-]P([O-])(=S)[S-]. The molecule has 6 heteroatoms. The van der Waals surface area contributed by atoms with Gasteiger partial charge in [-0.05, 0) is 0 Å². The van der Waals surface area contributed by atoms with Crippen LogP contribution < -0.4 is 9.79 Å². The fourth-order valence-electron chi connectivity index (χ4n) is 2.27. The van der Waals surface area contributed by atoms with Crippen LogP contribution in [-0.4, -0.2) is 0 Å². The molecule has 0 atom stereocenters. The van der Waals surface area contributed by atoms with E-state index in [2.05, 4.69) is 51.8 Å². The first-order chi connectivity index (χ1) is 11.8. The minimum absolute atomic E-state index is 0. The summed E-state index contributed by atoms with van der Waals surface area (Å²) in [6.45, 7) is 12.2. The summed E-state index contributed by atoms with van der Waals surface area (Å²) in [4.78, 5) is 18.6. The summed E-state index contributed by atoms with van der Waals surface area (Å²) in [5, 5.41) is 0. The second-order valence-electron chi connectivity index (χ2n) is 6.40. The van der Waals surface area contributed by atoms with Crippen molar-refractivity contribution in [2.24, 2.45) is 0 Å². The first-order valence-electron chi connectivity index (χ1n) is 10.1. The van der Waals surface area contributed by atoms with Crippen molar-refractivity contribution >= 4 is 29.7 Å². The summed E-state index contributed by atoms with van der Waals surface area (Å²) in [6.07, 6.45) is 21.8. The van der Waals surface area contributed by atoms with Gasteiger partial charge in [-0.2, -0.15) is 24.6 Å². The van der Waals surface area contributed by atoms with Crippen molar-refractivity contribution < 1.29 is 30.9 Å². The van der Waals surface area contributed by atoms with E-state index in [9.17, 15) is 9.79 Å². The van der Waals surface area contributed by atoms with Crippen molar-refractivity contribution in [3.63, 3.8) is 0 Å². The Bertz CT molecular complexity index is 224. The first-order valence-corrected chi connectivity index (χ1v) is 13.8. The average Bonchev–Trinajstić information content (AvgIpc) is 2.53. The molecule has 159 valence electrons. The molecule has 0 unspecified atom stereocenters. The van der Waals surface area contributed by atoms with Crippen molar-refractivity contribution in [2.75, 3.05) is 0 Å². The van der Waals surface area contributed by atoms with E-state index in [4.69, 9.17) is 0 Å². The number of hydrogen-bond acceptors (Lipinski definition) is 4. The Hall–Kier alpha value is 1.61. The Labute approximate surface area is 190 Å². The van der Waals surface area contributed by atoms with Gasteiger partial charge in [-0.3, -0.25) is 0 Å². The van der Waals surface area contributed by atoms with Crippen LogP contribution in [0.4, 0.5) is 0 Å². The van der Waals surface area contributed by atoms with Gasteiger partial charge >= 0.3 is 21.1 Å². The summed E-state index contributed by atoms with van der Waals surface area (Å²) in [5.74, 6) is 0. The predicted octanol–water partition coefficient (Wildman–Crippen LogP) is 6.40. The van der Waals surface area contributed by atoms with E-state index >= 15 is 0 Å². The van der Waals surface area contributed by atoms with Crippen LogP contribution in [0, 0.1) is 13.8 Å². The molecule has 0 spiro atoms. The smallest absolute Gasteiger partial charge is 0.850 e. The molecule has 0 N–H and O–H groups in total. The molecule has 0 rings (SSSR count). The summed E-state index contributed by atoms with van der Waals surface area (Å²) < 4.78 is 0. The molecule has 26 heavy (non-hydrogen) atoms. The van der Waals surface area contributed by atoms with E-state index in [1.54, 1.807) is 0 Å². The van der Waals surface area contributed by atoms with Gasteiger partial charge in [-0.15, -0.1) is 0 Å². The molecule has 1 radical (unpaired) electrons. The van der Waals surface area contributed by atoms with Crippen LogP contribution in [-0.2, 0) is 45.1 Å². The van der Waals surface area contributed by atoms with Crippen LogP contribution in [0.5, 0.6) is 0 Å². The maximum absolute atomic E-state index is 9.29. The Morgan fingerprint density at radius 2 is 0.846 bits per heavy atom. The van der Waals surface area contributed by atoms with Gasteiger partial charge in [0.25, 0.3) is 0 Å². The number of unbranched alkanes of at least 4 members (excludes halogenated alkanes) is 14. The quantitative estimate of drug-likeness (QED) is 0.0901. The Balaban J connectivity index is -0.000000145. The van der Waals surface area contributed by atoms with Crippen molar-refractivity contribution in [1.29, 1.82) is 0 Å². The molecule has 0 aromatic carbocycles. The van der Waals surface area contributed by atoms with Crippen LogP contribution in [0.25, 0.3) is 0 Å². The molecule has 0 aromatic rings.